The Kier molecular flexibility index (Phi) is 5.02. The van der Waals surface area contributed by atoms with Gasteiger partial charge in [-0.3, -0.25) is 14.3 Å². The first-order valence-electron chi connectivity index (χ1n) is 9.07. The van der Waals surface area contributed by atoms with Crippen LogP contribution in [0, 0.1) is 0 Å². The summed E-state index contributed by atoms with van der Waals surface area (Å²) in [5, 5.41) is 4.71. The Balaban J connectivity index is 1.57. The Labute approximate surface area is 156 Å². The van der Waals surface area contributed by atoms with E-state index >= 15 is 0 Å². The minimum absolute atomic E-state index is 0.0441. The van der Waals surface area contributed by atoms with Gasteiger partial charge in [0, 0.05) is 18.5 Å². The molecule has 1 fully saturated rings. The van der Waals surface area contributed by atoms with Gasteiger partial charge in [-0.25, -0.2) is 0 Å². The molecule has 2 aromatic heterocycles. The van der Waals surface area contributed by atoms with E-state index < -0.39 is 0 Å². The van der Waals surface area contributed by atoms with Crippen LogP contribution < -0.4 is 5.43 Å². The number of aromatic nitrogens is 2. The summed E-state index contributed by atoms with van der Waals surface area (Å²) in [6.07, 6.45) is 4.86. The van der Waals surface area contributed by atoms with E-state index in [9.17, 15) is 9.59 Å². The van der Waals surface area contributed by atoms with E-state index in [1.807, 2.05) is 12.1 Å². The summed E-state index contributed by atoms with van der Waals surface area (Å²) >= 11 is 0. The first kappa shape index (κ1) is 17.5. The fourth-order valence-electron chi connectivity index (χ4n) is 3.39. The smallest absolute Gasteiger partial charge is 0.244 e. The van der Waals surface area contributed by atoms with Gasteiger partial charge in [0.25, 0.3) is 0 Å². The number of nitrogens with zero attached hydrogens (tertiary/aromatic N) is 3. The number of amides is 1. The molecule has 0 N–H and O–H groups in total. The van der Waals surface area contributed by atoms with E-state index in [4.69, 9.17) is 9.15 Å². The number of carbonyl (C=O) groups excluding carboxylic acids is 1. The highest BCUT2D eigenvalue weighted by molar-refractivity contribution is 5.81. The van der Waals surface area contributed by atoms with Crippen molar-refractivity contribution in [2.45, 2.75) is 32.0 Å². The molecule has 1 unspecified atom stereocenters. The van der Waals surface area contributed by atoms with Gasteiger partial charge in [-0.05, 0) is 37.1 Å². The summed E-state index contributed by atoms with van der Waals surface area (Å²) in [4.78, 5) is 26.8. The average molecular weight is 367 g/mol. The molecule has 1 aliphatic rings. The SMILES string of the molecule is O=C(Cn1ncc(=O)c2ccccc21)N(Cc1ccco1)CC1CCCO1. The lowest BCUT2D eigenvalue weighted by atomic mass is 10.2. The van der Waals surface area contributed by atoms with Gasteiger partial charge in [0.1, 0.15) is 12.3 Å². The predicted octanol–water partition coefficient (Wildman–Crippen LogP) is 2.20. The summed E-state index contributed by atoms with van der Waals surface area (Å²) in [5.41, 5.74) is 0.495. The molecule has 7 heteroatoms. The predicted molar refractivity (Wildman–Crippen MR) is 99.1 cm³/mol. The molecule has 1 amide bonds. The molecule has 0 spiro atoms. The molecular weight excluding hydrogens is 346 g/mol. The second-order valence-electron chi connectivity index (χ2n) is 6.67. The lowest BCUT2D eigenvalue weighted by Gasteiger charge is -2.25. The third kappa shape index (κ3) is 3.93. The third-order valence-corrected chi connectivity index (χ3v) is 4.77. The van der Waals surface area contributed by atoms with Gasteiger partial charge in [-0.2, -0.15) is 5.10 Å². The van der Waals surface area contributed by atoms with Crippen LogP contribution in [0.5, 0.6) is 0 Å². The van der Waals surface area contributed by atoms with Gasteiger partial charge in [0.05, 0.1) is 30.6 Å². The maximum Gasteiger partial charge on any atom is 0.244 e. The minimum Gasteiger partial charge on any atom is -0.467 e. The molecule has 1 atom stereocenters. The van der Waals surface area contributed by atoms with Gasteiger partial charge in [0.2, 0.25) is 11.3 Å². The van der Waals surface area contributed by atoms with E-state index in [1.165, 1.54) is 6.20 Å². The van der Waals surface area contributed by atoms with Crippen LogP contribution in [0.3, 0.4) is 0 Å². The van der Waals surface area contributed by atoms with E-state index in [0.717, 1.165) is 25.2 Å². The molecular formula is C20H21N3O4. The molecule has 3 aromatic rings. The van der Waals surface area contributed by atoms with Crippen LogP contribution in [0.2, 0.25) is 0 Å². The van der Waals surface area contributed by atoms with Crippen molar-refractivity contribution in [3.05, 3.63) is 64.8 Å². The molecule has 4 rings (SSSR count). The molecule has 0 aliphatic carbocycles. The highest BCUT2D eigenvalue weighted by atomic mass is 16.5. The number of rotatable bonds is 6. The number of furan rings is 1. The second-order valence-corrected chi connectivity index (χ2v) is 6.67. The first-order valence-corrected chi connectivity index (χ1v) is 9.07. The van der Waals surface area contributed by atoms with Crippen molar-refractivity contribution in [1.82, 2.24) is 14.7 Å². The van der Waals surface area contributed by atoms with Crippen molar-refractivity contribution in [3.63, 3.8) is 0 Å². The summed E-state index contributed by atoms with van der Waals surface area (Å²) in [5.74, 6) is 0.627. The van der Waals surface area contributed by atoms with E-state index in [1.54, 1.807) is 40.1 Å². The van der Waals surface area contributed by atoms with Gasteiger partial charge < -0.3 is 14.1 Å². The largest absolute Gasteiger partial charge is 0.467 e. The van der Waals surface area contributed by atoms with Crippen LogP contribution >= 0.6 is 0 Å². The number of para-hydroxylation sites is 1. The maximum absolute atomic E-state index is 13.0. The quantitative estimate of drug-likeness (QED) is 0.667. The number of carbonyl (C=O) groups is 1. The highest BCUT2D eigenvalue weighted by Crippen LogP contribution is 2.16. The fraction of sp³-hybridized carbons (Fsp3) is 0.350. The third-order valence-electron chi connectivity index (χ3n) is 4.77. The average Bonchev–Trinajstić information content (AvgIpc) is 3.38. The topological polar surface area (TPSA) is 77.6 Å². The zero-order valence-corrected chi connectivity index (χ0v) is 14.9. The van der Waals surface area contributed by atoms with Crippen LogP contribution in [-0.2, 0) is 22.6 Å². The molecule has 27 heavy (non-hydrogen) atoms. The fourth-order valence-corrected chi connectivity index (χ4v) is 3.39. The zero-order valence-electron chi connectivity index (χ0n) is 14.9. The lowest BCUT2D eigenvalue weighted by Crippen LogP contribution is -2.39. The van der Waals surface area contributed by atoms with E-state index in [0.29, 0.717) is 24.0 Å². The monoisotopic (exact) mass is 367 g/mol. The normalized spacial score (nSPS) is 16.7. The number of hydrogen-bond donors (Lipinski definition) is 0. The van der Waals surface area contributed by atoms with Crippen molar-refractivity contribution in [2.75, 3.05) is 13.2 Å². The molecule has 0 bridgehead atoms. The number of ether oxygens (including phenoxy) is 1. The van der Waals surface area contributed by atoms with Crippen molar-refractivity contribution >= 4 is 16.8 Å². The van der Waals surface area contributed by atoms with E-state index in [2.05, 4.69) is 5.10 Å². The van der Waals surface area contributed by atoms with Gasteiger partial charge in [-0.15, -0.1) is 0 Å². The van der Waals surface area contributed by atoms with Gasteiger partial charge in [0.15, 0.2) is 0 Å². The first-order chi connectivity index (χ1) is 13.2. The summed E-state index contributed by atoms with van der Waals surface area (Å²) in [7, 11) is 0. The molecule has 7 nitrogen and oxygen atoms in total. The van der Waals surface area contributed by atoms with Gasteiger partial charge in [-0.1, -0.05) is 12.1 Å². The Morgan fingerprint density at radius 2 is 2.15 bits per heavy atom. The number of fused-ring (bicyclic) bond motifs is 1. The summed E-state index contributed by atoms with van der Waals surface area (Å²) in [6, 6.07) is 10.8. The zero-order chi connectivity index (χ0) is 18.6. The summed E-state index contributed by atoms with van der Waals surface area (Å²) in [6.45, 7) is 1.68. The van der Waals surface area contributed by atoms with Crippen molar-refractivity contribution in [2.24, 2.45) is 0 Å². The molecule has 0 radical (unpaired) electrons. The Morgan fingerprint density at radius 3 is 2.93 bits per heavy atom. The van der Waals surface area contributed by atoms with Crippen molar-refractivity contribution in [1.29, 1.82) is 0 Å². The maximum atomic E-state index is 13.0. The molecule has 3 heterocycles. The lowest BCUT2D eigenvalue weighted by molar-refractivity contribution is -0.134. The summed E-state index contributed by atoms with van der Waals surface area (Å²) < 4.78 is 12.7. The molecule has 1 aromatic carbocycles. The molecule has 0 saturated carbocycles. The van der Waals surface area contributed by atoms with Crippen molar-refractivity contribution < 1.29 is 13.9 Å². The van der Waals surface area contributed by atoms with Crippen molar-refractivity contribution in [3.8, 4) is 0 Å². The Bertz CT molecular complexity index is 974. The Hall–Kier alpha value is -2.93. The van der Waals surface area contributed by atoms with Crippen LogP contribution in [0.1, 0.15) is 18.6 Å². The van der Waals surface area contributed by atoms with Crippen LogP contribution in [-0.4, -0.2) is 39.8 Å². The minimum atomic E-state index is -0.152. The highest BCUT2D eigenvalue weighted by Gasteiger charge is 2.24. The van der Waals surface area contributed by atoms with Crippen LogP contribution in [0.25, 0.3) is 10.9 Å². The number of hydrogen-bond acceptors (Lipinski definition) is 5. The molecule has 1 saturated heterocycles. The standard InChI is InChI=1S/C20H21N3O4/c24-19-11-21-23(18-8-2-1-7-17(18)19)14-20(25)22(12-15-5-3-9-26-15)13-16-6-4-10-27-16/h1-3,5,7-9,11,16H,4,6,10,12-14H2. The Morgan fingerprint density at radius 1 is 1.26 bits per heavy atom. The second kappa shape index (κ2) is 7.75. The van der Waals surface area contributed by atoms with Crippen LogP contribution in [0.4, 0.5) is 0 Å². The molecule has 1 aliphatic heterocycles. The van der Waals surface area contributed by atoms with E-state index in [-0.39, 0.29) is 24.0 Å². The van der Waals surface area contributed by atoms with Crippen LogP contribution in [0.15, 0.2) is 58.1 Å². The molecule has 140 valence electrons. The van der Waals surface area contributed by atoms with Gasteiger partial charge >= 0.3 is 0 Å². The number of benzene rings is 1.